The van der Waals surface area contributed by atoms with Gasteiger partial charge in [-0.25, -0.2) is 4.79 Å². The van der Waals surface area contributed by atoms with E-state index in [1.165, 1.54) is 0 Å². The predicted molar refractivity (Wildman–Crippen MR) is 84.9 cm³/mol. The molecule has 1 amide bonds. The van der Waals surface area contributed by atoms with E-state index in [4.69, 9.17) is 14.6 Å². The predicted octanol–water partition coefficient (Wildman–Crippen LogP) is 2.06. The van der Waals surface area contributed by atoms with Gasteiger partial charge in [0.2, 0.25) is 0 Å². The molecule has 0 aromatic heterocycles. The van der Waals surface area contributed by atoms with Crippen LogP contribution in [0.2, 0.25) is 0 Å². The standard InChI is InChI=1S/C17H23NO5/c1-10-6-13(7-11(2)16(10)23-9-15(19)20)17(21)18-14-4-5-22-12(3)8-14/h6-7,12,14H,4-5,8-9H2,1-3H3,(H,18,21)(H,19,20). The van der Waals surface area contributed by atoms with Gasteiger partial charge >= 0.3 is 5.97 Å². The molecule has 0 spiro atoms. The molecule has 126 valence electrons. The Labute approximate surface area is 135 Å². The zero-order valence-corrected chi connectivity index (χ0v) is 13.7. The normalized spacial score (nSPS) is 20.8. The average molecular weight is 321 g/mol. The van der Waals surface area contributed by atoms with E-state index in [9.17, 15) is 9.59 Å². The van der Waals surface area contributed by atoms with E-state index in [1.807, 2.05) is 6.92 Å². The second-order valence-electron chi connectivity index (χ2n) is 6.00. The molecule has 6 nitrogen and oxygen atoms in total. The minimum atomic E-state index is -1.03. The lowest BCUT2D eigenvalue weighted by molar-refractivity contribution is -0.139. The summed E-state index contributed by atoms with van der Waals surface area (Å²) in [4.78, 5) is 23.0. The average Bonchev–Trinajstić information content (AvgIpc) is 2.45. The lowest BCUT2D eigenvalue weighted by atomic mass is 10.0. The molecule has 2 N–H and O–H groups in total. The van der Waals surface area contributed by atoms with Crippen molar-refractivity contribution < 1.29 is 24.2 Å². The van der Waals surface area contributed by atoms with Crippen molar-refractivity contribution in [3.05, 3.63) is 28.8 Å². The summed E-state index contributed by atoms with van der Waals surface area (Å²) in [5.41, 5.74) is 2.05. The van der Waals surface area contributed by atoms with Crippen LogP contribution in [0.4, 0.5) is 0 Å². The van der Waals surface area contributed by atoms with Crippen molar-refractivity contribution in [3.63, 3.8) is 0 Å². The van der Waals surface area contributed by atoms with Gasteiger partial charge in [-0.05, 0) is 56.9 Å². The first-order valence-electron chi connectivity index (χ1n) is 7.75. The molecule has 1 saturated heterocycles. The molecule has 2 unspecified atom stereocenters. The first-order chi connectivity index (χ1) is 10.9. The highest BCUT2D eigenvalue weighted by atomic mass is 16.5. The summed E-state index contributed by atoms with van der Waals surface area (Å²) >= 11 is 0. The van der Waals surface area contributed by atoms with Crippen molar-refractivity contribution in [1.29, 1.82) is 0 Å². The topological polar surface area (TPSA) is 84.9 Å². The number of ether oxygens (including phenoxy) is 2. The summed E-state index contributed by atoms with van der Waals surface area (Å²) in [6, 6.07) is 3.57. The number of carboxylic acid groups (broad SMARTS) is 1. The lowest BCUT2D eigenvalue weighted by Crippen LogP contribution is -2.41. The molecule has 2 rings (SSSR count). The number of benzene rings is 1. The maximum Gasteiger partial charge on any atom is 0.341 e. The number of hydrogen-bond acceptors (Lipinski definition) is 4. The molecule has 1 aromatic rings. The Balaban J connectivity index is 2.07. The number of amides is 1. The fourth-order valence-electron chi connectivity index (χ4n) is 2.84. The maximum absolute atomic E-state index is 12.4. The number of aliphatic carboxylic acids is 1. The number of nitrogens with one attached hydrogen (secondary N) is 1. The first kappa shape index (κ1) is 17.3. The Morgan fingerprint density at radius 1 is 1.35 bits per heavy atom. The summed E-state index contributed by atoms with van der Waals surface area (Å²) < 4.78 is 10.8. The van der Waals surface area contributed by atoms with Gasteiger partial charge in [0.1, 0.15) is 5.75 Å². The number of carboxylic acids is 1. The van der Waals surface area contributed by atoms with Gasteiger partial charge in [0.15, 0.2) is 6.61 Å². The summed E-state index contributed by atoms with van der Waals surface area (Å²) in [7, 11) is 0. The minimum Gasteiger partial charge on any atom is -0.481 e. The summed E-state index contributed by atoms with van der Waals surface area (Å²) in [6.07, 6.45) is 1.78. The quantitative estimate of drug-likeness (QED) is 0.867. The smallest absolute Gasteiger partial charge is 0.341 e. The third kappa shape index (κ3) is 4.69. The largest absolute Gasteiger partial charge is 0.481 e. The van der Waals surface area contributed by atoms with Crippen LogP contribution < -0.4 is 10.1 Å². The van der Waals surface area contributed by atoms with Crippen LogP contribution in [0.5, 0.6) is 5.75 Å². The van der Waals surface area contributed by atoms with Crippen LogP contribution >= 0.6 is 0 Å². The molecular formula is C17H23NO5. The molecule has 0 radical (unpaired) electrons. The zero-order valence-electron chi connectivity index (χ0n) is 13.7. The Morgan fingerprint density at radius 3 is 2.57 bits per heavy atom. The van der Waals surface area contributed by atoms with Gasteiger partial charge in [-0.2, -0.15) is 0 Å². The van der Waals surface area contributed by atoms with Crippen LogP contribution in [0.25, 0.3) is 0 Å². The van der Waals surface area contributed by atoms with Crippen LogP contribution in [0.1, 0.15) is 41.3 Å². The van der Waals surface area contributed by atoms with Gasteiger partial charge in [0, 0.05) is 18.2 Å². The van der Waals surface area contributed by atoms with E-state index >= 15 is 0 Å². The summed E-state index contributed by atoms with van der Waals surface area (Å²) in [5, 5.41) is 11.7. The van der Waals surface area contributed by atoms with Crippen LogP contribution in [-0.2, 0) is 9.53 Å². The van der Waals surface area contributed by atoms with Gasteiger partial charge in [-0.15, -0.1) is 0 Å². The van der Waals surface area contributed by atoms with E-state index in [1.54, 1.807) is 26.0 Å². The highest BCUT2D eigenvalue weighted by Crippen LogP contribution is 2.25. The number of aryl methyl sites for hydroxylation is 2. The highest BCUT2D eigenvalue weighted by molar-refractivity contribution is 5.95. The molecule has 1 aromatic carbocycles. The van der Waals surface area contributed by atoms with E-state index in [0.29, 0.717) is 17.9 Å². The van der Waals surface area contributed by atoms with Crippen molar-refractivity contribution >= 4 is 11.9 Å². The van der Waals surface area contributed by atoms with Crippen molar-refractivity contribution in [2.24, 2.45) is 0 Å². The van der Waals surface area contributed by atoms with Crippen molar-refractivity contribution in [1.82, 2.24) is 5.32 Å². The number of carbonyl (C=O) groups excluding carboxylic acids is 1. The van der Waals surface area contributed by atoms with E-state index < -0.39 is 12.6 Å². The van der Waals surface area contributed by atoms with Gasteiger partial charge in [-0.3, -0.25) is 4.79 Å². The lowest BCUT2D eigenvalue weighted by Gasteiger charge is -2.28. The third-order valence-electron chi connectivity index (χ3n) is 3.88. The fourth-order valence-corrected chi connectivity index (χ4v) is 2.84. The van der Waals surface area contributed by atoms with E-state index in [2.05, 4.69) is 5.32 Å². The molecule has 6 heteroatoms. The first-order valence-corrected chi connectivity index (χ1v) is 7.75. The Kier molecular flexibility index (Phi) is 5.60. The van der Waals surface area contributed by atoms with E-state index in [0.717, 1.165) is 24.0 Å². The molecule has 2 atom stereocenters. The molecule has 0 aliphatic carbocycles. The maximum atomic E-state index is 12.4. The molecule has 1 fully saturated rings. The van der Waals surface area contributed by atoms with Crippen molar-refractivity contribution in [2.75, 3.05) is 13.2 Å². The van der Waals surface area contributed by atoms with Gasteiger partial charge in [-0.1, -0.05) is 0 Å². The Morgan fingerprint density at radius 2 is 2.00 bits per heavy atom. The van der Waals surface area contributed by atoms with Crippen LogP contribution in [0.3, 0.4) is 0 Å². The van der Waals surface area contributed by atoms with Gasteiger partial charge in [0.25, 0.3) is 5.91 Å². The number of carbonyl (C=O) groups is 2. The summed E-state index contributed by atoms with van der Waals surface area (Å²) in [6.45, 7) is 5.87. The second-order valence-corrected chi connectivity index (χ2v) is 6.00. The molecule has 0 saturated carbocycles. The van der Waals surface area contributed by atoms with E-state index in [-0.39, 0.29) is 18.1 Å². The Bertz CT molecular complexity index is 576. The highest BCUT2D eigenvalue weighted by Gasteiger charge is 2.22. The number of rotatable bonds is 5. The molecule has 0 bridgehead atoms. The van der Waals surface area contributed by atoms with Gasteiger partial charge in [0.05, 0.1) is 6.10 Å². The van der Waals surface area contributed by atoms with Crippen LogP contribution in [0.15, 0.2) is 12.1 Å². The fraction of sp³-hybridized carbons (Fsp3) is 0.529. The van der Waals surface area contributed by atoms with Crippen molar-refractivity contribution in [2.45, 2.75) is 45.8 Å². The summed E-state index contributed by atoms with van der Waals surface area (Å²) in [5.74, 6) is -0.636. The van der Waals surface area contributed by atoms with Crippen LogP contribution in [-0.4, -0.2) is 42.3 Å². The molecule has 1 aliphatic rings. The minimum absolute atomic E-state index is 0.120. The Hall–Kier alpha value is -2.08. The molecule has 1 aliphatic heterocycles. The zero-order chi connectivity index (χ0) is 17.0. The SMILES string of the molecule is Cc1cc(C(=O)NC2CCOC(C)C2)cc(C)c1OCC(=O)O. The molecule has 1 heterocycles. The molecule has 23 heavy (non-hydrogen) atoms. The van der Waals surface area contributed by atoms with Crippen LogP contribution in [0, 0.1) is 13.8 Å². The second kappa shape index (κ2) is 7.46. The number of hydrogen-bond donors (Lipinski definition) is 2. The third-order valence-corrected chi connectivity index (χ3v) is 3.88. The van der Waals surface area contributed by atoms with Gasteiger partial charge < -0.3 is 19.9 Å². The molecular weight excluding hydrogens is 298 g/mol. The van der Waals surface area contributed by atoms with Crippen molar-refractivity contribution in [3.8, 4) is 5.75 Å². The monoisotopic (exact) mass is 321 g/mol.